The molecular weight excluding hydrogens is 286 g/mol. The molecule has 1 aromatic carbocycles. The van der Waals surface area contributed by atoms with Gasteiger partial charge in [-0.25, -0.2) is 0 Å². The van der Waals surface area contributed by atoms with E-state index in [4.69, 9.17) is 11.6 Å². The van der Waals surface area contributed by atoms with E-state index in [0.29, 0.717) is 0 Å². The fraction of sp³-hybridized carbons (Fsp3) is 0.538. The summed E-state index contributed by atoms with van der Waals surface area (Å²) >= 11 is 9.65. The second kappa shape index (κ2) is 5.52. The molecule has 0 saturated heterocycles. The molecule has 1 fully saturated rings. The predicted molar refractivity (Wildman–Crippen MR) is 72.9 cm³/mol. The van der Waals surface area contributed by atoms with Gasteiger partial charge in [-0.1, -0.05) is 46.4 Å². The summed E-state index contributed by atoms with van der Waals surface area (Å²) in [5.74, 6) is 0. The van der Waals surface area contributed by atoms with E-state index in [2.05, 4.69) is 40.0 Å². The molecule has 1 aliphatic carbocycles. The molecule has 1 aromatic rings. The van der Waals surface area contributed by atoms with Crippen LogP contribution in [0.3, 0.4) is 0 Å². The van der Waals surface area contributed by atoms with E-state index >= 15 is 0 Å². The zero-order valence-corrected chi connectivity index (χ0v) is 11.9. The molecular formula is C13H17BrClN. The normalized spacial score (nSPS) is 17.2. The minimum Gasteiger partial charge on any atom is -0.299 e. The van der Waals surface area contributed by atoms with Crippen LogP contribution >= 0.6 is 27.5 Å². The monoisotopic (exact) mass is 301 g/mol. The van der Waals surface area contributed by atoms with E-state index in [1.807, 2.05) is 6.07 Å². The second-order valence-corrected chi connectivity index (χ2v) is 5.91. The Hall–Kier alpha value is -0.0500. The van der Waals surface area contributed by atoms with Crippen molar-refractivity contribution in [2.75, 3.05) is 7.05 Å². The average Bonchev–Trinajstić information content (AvgIpc) is 2.75. The smallest absolute Gasteiger partial charge is 0.0462 e. The molecule has 1 saturated carbocycles. The van der Waals surface area contributed by atoms with Crippen LogP contribution in [0.2, 0.25) is 5.02 Å². The van der Waals surface area contributed by atoms with Crippen molar-refractivity contribution < 1.29 is 0 Å². The van der Waals surface area contributed by atoms with Crippen molar-refractivity contribution in [3.8, 4) is 0 Å². The van der Waals surface area contributed by atoms with Gasteiger partial charge in [0.1, 0.15) is 0 Å². The number of halogens is 2. The van der Waals surface area contributed by atoms with Crippen molar-refractivity contribution in [1.29, 1.82) is 0 Å². The van der Waals surface area contributed by atoms with Gasteiger partial charge in [0.2, 0.25) is 0 Å². The molecule has 0 spiro atoms. The summed E-state index contributed by atoms with van der Waals surface area (Å²) in [5.41, 5.74) is 1.22. The van der Waals surface area contributed by atoms with Gasteiger partial charge < -0.3 is 0 Å². The summed E-state index contributed by atoms with van der Waals surface area (Å²) in [6.07, 6.45) is 5.43. The highest BCUT2D eigenvalue weighted by Crippen LogP contribution is 2.26. The first-order valence-corrected chi connectivity index (χ1v) is 6.98. The molecule has 3 heteroatoms. The fourth-order valence-corrected chi connectivity index (χ4v) is 3.13. The molecule has 1 aliphatic rings. The lowest BCUT2D eigenvalue weighted by Crippen LogP contribution is -2.28. The van der Waals surface area contributed by atoms with E-state index in [9.17, 15) is 0 Å². The van der Waals surface area contributed by atoms with Crippen molar-refractivity contribution in [1.82, 2.24) is 4.90 Å². The fourth-order valence-electron chi connectivity index (χ4n) is 2.39. The number of hydrogen-bond acceptors (Lipinski definition) is 1. The highest BCUT2D eigenvalue weighted by atomic mass is 79.9. The average molecular weight is 303 g/mol. The summed E-state index contributed by atoms with van der Waals surface area (Å²) in [6.45, 7) is 0.955. The SMILES string of the molecule is CN(Cc1ccc(Br)cc1Cl)C1CCCC1. The topological polar surface area (TPSA) is 3.24 Å². The molecule has 1 nitrogen and oxygen atoms in total. The van der Waals surface area contributed by atoms with Crippen LogP contribution in [0.4, 0.5) is 0 Å². The first kappa shape index (κ1) is 12.4. The summed E-state index contributed by atoms with van der Waals surface area (Å²) in [5, 5.41) is 0.860. The predicted octanol–water partition coefficient (Wildman–Crippen LogP) is 4.48. The van der Waals surface area contributed by atoms with Crippen molar-refractivity contribution in [3.05, 3.63) is 33.3 Å². The van der Waals surface area contributed by atoms with Gasteiger partial charge in [-0.15, -0.1) is 0 Å². The second-order valence-electron chi connectivity index (χ2n) is 4.59. The zero-order chi connectivity index (χ0) is 11.5. The lowest BCUT2D eigenvalue weighted by molar-refractivity contribution is 0.237. The Morgan fingerprint density at radius 1 is 1.38 bits per heavy atom. The van der Waals surface area contributed by atoms with Gasteiger partial charge in [-0.3, -0.25) is 4.90 Å². The van der Waals surface area contributed by atoms with Crippen LogP contribution in [0.25, 0.3) is 0 Å². The third-order valence-electron chi connectivity index (χ3n) is 3.38. The molecule has 16 heavy (non-hydrogen) atoms. The third kappa shape index (κ3) is 2.99. The van der Waals surface area contributed by atoms with E-state index in [1.165, 1.54) is 31.2 Å². The molecule has 0 heterocycles. The Kier molecular flexibility index (Phi) is 4.28. The van der Waals surface area contributed by atoms with E-state index in [1.54, 1.807) is 0 Å². The number of hydrogen-bond donors (Lipinski definition) is 0. The molecule has 0 unspecified atom stereocenters. The molecule has 88 valence electrons. The molecule has 0 radical (unpaired) electrons. The van der Waals surface area contributed by atoms with Gasteiger partial charge in [0.15, 0.2) is 0 Å². The van der Waals surface area contributed by atoms with Gasteiger partial charge in [0, 0.05) is 22.1 Å². The Morgan fingerprint density at radius 2 is 2.06 bits per heavy atom. The summed E-state index contributed by atoms with van der Waals surface area (Å²) in [6, 6.07) is 6.89. The maximum atomic E-state index is 6.22. The van der Waals surface area contributed by atoms with Crippen molar-refractivity contribution in [2.45, 2.75) is 38.3 Å². The Balaban J connectivity index is 2.02. The van der Waals surface area contributed by atoms with Crippen LogP contribution in [0.5, 0.6) is 0 Å². The summed E-state index contributed by atoms with van der Waals surface area (Å²) in [4.78, 5) is 2.43. The van der Waals surface area contributed by atoms with Gasteiger partial charge in [-0.2, -0.15) is 0 Å². The summed E-state index contributed by atoms with van der Waals surface area (Å²) < 4.78 is 1.05. The van der Waals surface area contributed by atoms with Crippen LogP contribution in [0.15, 0.2) is 22.7 Å². The van der Waals surface area contributed by atoms with Crippen molar-refractivity contribution in [2.24, 2.45) is 0 Å². The van der Waals surface area contributed by atoms with Gasteiger partial charge in [-0.05, 0) is 37.6 Å². The van der Waals surface area contributed by atoms with Crippen molar-refractivity contribution in [3.63, 3.8) is 0 Å². The Bertz CT molecular complexity index is 361. The molecule has 0 amide bonds. The minimum absolute atomic E-state index is 0.750. The number of benzene rings is 1. The molecule has 0 atom stereocenters. The molecule has 0 N–H and O–H groups in total. The maximum Gasteiger partial charge on any atom is 0.0462 e. The molecule has 0 aromatic heterocycles. The largest absolute Gasteiger partial charge is 0.299 e. The Morgan fingerprint density at radius 3 is 2.69 bits per heavy atom. The third-order valence-corrected chi connectivity index (χ3v) is 4.23. The molecule has 0 aliphatic heterocycles. The summed E-state index contributed by atoms with van der Waals surface area (Å²) in [7, 11) is 2.20. The van der Waals surface area contributed by atoms with Crippen LogP contribution in [-0.4, -0.2) is 18.0 Å². The lowest BCUT2D eigenvalue weighted by Gasteiger charge is -2.24. The first-order valence-electron chi connectivity index (χ1n) is 5.81. The van der Waals surface area contributed by atoms with E-state index in [-0.39, 0.29) is 0 Å². The van der Waals surface area contributed by atoms with Crippen molar-refractivity contribution >= 4 is 27.5 Å². The van der Waals surface area contributed by atoms with Gasteiger partial charge >= 0.3 is 0 Å². The minimum atomic E-state index is 0.750. The maximum absolute atomic E-state index is 6.22. The van der Waals surface area contributed by atoms with Crippen LogP contribution < -0.4 is 0 Å². The standard InChI is InChI=1S/C13H17BrClN/c1-16(12-4-2-3-5-12)9-10-6-7-11(14)8-13(10)15/h6-8,12H,2-5,9H2,1H3. The van der Waals surface area contributed by atoms with Crippen LogP contribution in [0, 0.1) is 0 Å². The van der Waals surface area contributed by atoms with Gasteiger partial charge in [0.25, 0.3) is 0 Å². The van der Waals surface area contributed by atoms with E-state index < -0.39 is 0 Å². The van der Waals surface area contributed by atoms with E-state index in [0.717, 1.165) is 22.1 Å². The zero-order valence-electron chi connectivity index (χ0n) is 9.55. The highest BCUT2D eigenvalue weighted by molar-refractivity contribution is 9.10. The Labute approximate surface area is 111 Å². The van der Waals surface area contributed by atoms with Crippen LogP contribution in [0.1, 0.15) is 31.2 Å². The number of rotatable bonds is 3. The van der Waals surface area contributed by atoms with Crippen LogP contribution in [-0.2, 0) is 6.54 Å². The first-order chi connectivity index (χ1) is 7.66. The van der Waals surface area contributed by atoms with Gasteiger partial charge in [0.05, 0.1) is 0 Å². The molecule has 0 bridgehead atoms. The lowest BCUT2D eigenvalue weighted by atomic mass is 10.1. The highest BCUT2D eigenvalue weighted by Gasteiger charge is 2.19. The number of nitrogens with zero attached hydrogens (tertiary/aromatic N) is 1. The quantitative estimate of drug-likeness (QED) is 0.796. The molecule has 2 rings (SSSR count).